The lowest BCUT2D eigenvalue weighted by molar-refractivity contribution is -0.136. The van der Waals surface area contributed by atoms with Crippen LogP contribution in [0.4, 0.5) is 0 Å². The van der Waals surface area contributed by atoms with Crippen LogP contribution in [0.2, 0.25) is 0 Å². The highest BCUT2D eigenvalue weighted by atomic mass is 32.2. The van der Waals surface area contributed by atoms with Gasteiger partial charge in [0.1, 0.15) is 11.5 Å². The van der Waals surface area contributed by atoms with Gasteiger partial charge in [-0.1, -0.05) is 18.7 Å². The quantitative estimate of drug-likeness (QED) is 0.529. The molecule has 188 valence electrons. The smallest absolute Gasteiger partial charge is 0.338 e. The van der Waals surface area contributed by atoms with Gasteiger partial charge in [-0.25, -0.2) is 9.79 Å². The lowest BCUT2D eigenvalue weighted by atomic mass is 9.92. The molecule has 0 aromatic heterocycles. The van der Waals surface area contributed by atoms with Gasteiger partial charge in [0, 0.05) is 37.9 Å². The second-order valence-corrected chi connectivity index (χ2v) is 9.44. The molecule has 1 fully saturated rings. The van der Waals surface area contributed by atoms with E-state index in [2.05, 4.69) is 11.9 Å². The predicted molar refractivity (Wildman–Crippen MR) is 135 cm³/mol. The third-order valence-electron chi connectivity index (χ3n) is 6.51. The maximum absolute atomic E-state index is 13.2. The number of allylic oxidation sites excluding steroid dienone is 1. The summed E-state index contributed by atoms with van der Waals surface area (Å²) in [6.45, 7) is 5.10. The molecule has 10 heteroatoms. The first kappa shape index (κ1) is 25.1. The first-order valence-corrected chi connectivity index (χ1v) is 12.5. The summed E-state index contributed by atoms with van der Waals surface area (Å²) >= 11 is 1.47. The molecule has 1 amide bonds. The minimum absolute atomic E-state index is 0.0676. The molecule has 3 aliphatic rings. The van der Waals surface area contributed by atoms with E-state index in [0.29, 0.717) is 42.3 Å². The van der Waals surface area contributed by atoms with Crippen molar-refractivity contribution in [1.29, 1.82) is 0 Å². The van der Waals surface area contributed by atoms with Gasteiger partial charge in [-0.2, -0.15) is 0 Å². The summed E-state index contributed by atoms with van der Waals surface area (Å²) in [5.41, 5.74) is 2.72. The van der Waals surface area contributed by atoms with Crippen LogP contribution in [0.15, 0.2) is 45.6 Å². The number of piperazine rings is 1. The highest BCUT2D eigenvalue weighted by Gasteiger charge is 2.42. The van der Waals surface area contributed by atoms with E-state index in [4.69, 9.17) is 19.2 Å². The lowest BCUT2D eigenvalue weighted by Crippen LogP contribution is -2.47. The number of thioether (sulfide) groups is 1. The lowest BCUT2D eigenvalue weighted by Gasteiger charge is -2.37. The number of carbonyl (C=O) groups excluding carboxylic acids is 2. The molecule has 35 heavy (non-hydrogen) atoms. The fourth-order valence-corrected chi connectivity index (χ4v) is 5.48. The summed E-state index contributed by atoms with van der Waals surface area (Å²) in [5.74, 6) is 0.837. The molecule has 9 nitrogen and oxygen atoms in total. The monoisotopic (exact) mass is 500 g/mol. The van der Waals surface area contributed by atoms with Crippen molar-refractivity contribution >= 4 is 28.8 Å². The molecule has 4 rings (SSSR count). The Balaban J connectivity index is 1.75. The van der Waals surface area contributed by atoms with Crippen molar-refractivity contribution in [3.63, 3.8) is 0 Å². The van der Waals surface area contributed by atoms with Crippen LogP contribution >= 0.6 is 11.8 Å². The van der Waals surface area contributed by atoms with Gasteiger partial charge >= 0.3 is 5.97 Å². The van der Waals surface area contributed by atoms with Gasteiger partial charge in [-0.05, 0) is 36.6 Å². The van der Waals surface area contributed by atoms with Gasteiger partial charge in [0.2, 0.25) is 5.91 Å². The van der Waals surface area contributed by atoms with E-state index in [1.807, 2.05) is 34.3 Å². The molecule has 1 aromatic carbocycles. The molecule has 0 bridgehead atoms. The summed E-state index contributed by atoms with van der Waals surface area (Å²) < 4.78 is 16.2. The van der Waals surface area contributed by atoms with Crippen LogP contribution in [0, 0.1) is 0 Å². The van der Waals surface area contributed by atoms with E-state index >= 15 is 0 Å². The van der Waals surface area contributed by atoms with Crippen LogP contribution in [0.3, 0.4) is 0 Å². The van der Waals surface area contributed by atoms with Crippen molar-refractivity contribution in [3.8, 4) is 11.5 Å². The van der Waals surface area contributed by atoms with Crippen molar-refractivity contribution in [2.45, 2.75) is 25.8 Å². The Hall–Kier alpha value is -2.98. The third-order valence-corrected chi connectivity index (χ3v) is 7.40. The molecule has 0 spiro atoms. The van der Waals surface area contributed by atoms with Crippen molar-refractivity contribution in [3.05, 3.63) is 46.1 Å². The Bertz CT molecular complexity index is 1070. The zero-order valence-corrected chi connectivity index (χ0v) is 21.7. The molecule has 1 saturated heterocycles. The number of fused-ring (bicyclic) bond motifs is 1. The van der Waals surface area contributed by atoms with Crippen molar-refractivity contribution in [1.82, 2.24) is 14.7 Å². The van der Waals surface area contributed by atoms with E-state index in [0.717, 1.165) is 29.5 Å². The first-order valence-electron chi connectivity index (χ1n) is 11.6. The fourth-order valence-electron chi connectivity index (χ4n) is 4.54. The SMILES string of the molecule is CCC1=C(C(=O)OC)[C@@H](c2cc(OC)cc(OC)c2)N2C(CC(=O)N3CCN(C)CC3)=CSC2=N1. The number of aliphatic imine (C=N–C) groups is 1. The Morgan fingerprint density at radius 3 is 2.29 bits per heavy atom. The van der Waals surface area contributed by atoms with Crippen molar-refractivity contribution in [2.24, 2.45) is 4.99 Å². The highest BCUT2D eigenvalue weighted by molar-refractivity contribution is 8.16. The molecule has 0 N–H and O–H groups in total. The topological polar surface area (TPSA) is 83.9 Å². The number of amides is 1. The van der Waals surface area contributed by atoms with Gasteiger partial charge in [0.25, 0.3) is 0 Å². The standard InChI is InChI=1S/C25H32N4O5S/c1-6-20-22(24(31)34-5)23(16-11-18(32-3)14-19(12-16)33-4)29-17(15-35-25(29)26-20)13-21(30)28-9-7-27(2)8-10-28/h11-12,14-15,23H,6-10,13H2,1-5H3/t23-/m1/s1. The Labute approximate surface area is 210 Å². The minimum Gasteiger partial charge on any atom is -0.497 e. The van der Waals surface area contributed by atoms with E-state index in [1.165, 1.54) is 18.9 Å². The molecule has 0 unspecified atom stereocenters. The number of carbonyl (C=O) groups is 2. The average Bonchev–Trinajstić information content (AvgIpc) is 3.28. The van der Waals surface area contributed by atoms with Crippen molar-refractivity contribution in [2.75, 3.05) is 54.6 Å². The molecule has 3 aliphatic heterocycles. The zero-order chi connectivity index (χ0) is 25.1. The maximum Gasteiger partial charge on any atom is 0.338 e. The van der Waals surface area contributed by atoms with E-state index < -0.39 is 12.0 Å². The largest absolute Gasteiger partial charge is 0.497 e. The zero-order valence-electron chi connectivity index (χ0n) is 20.9. The number of likely N-dealkylation sites (N-methyl/N-ethyl adjacent to an activating group) is 1. The summed E-state index contributed by atoms with van der Waals surface area (Å²) in [5, 5.41) is 2.70. The average molecular weight is 501 g/mol. The minimum atomic E-state index is -0.532. The van der Waals surface area contributed by atoms with E-state index in [-0.39, 0.29) is 12.3 Å². The number of hydrogen-bond donors (Lipinski definition) is 0. The van der Waals surface area contributed by atoms with Crippen LogP contribution in [-0.4, -0.2) is 86.3 Å². The first-order chi connectivity index (χ1) is 16.9. The molecular weight excluding hydrogens is 468 g/mol. The fraction of sp³-hybridized carbons (Fsp3) is 0.480. The second-order valence-electron chi connectivity index (χ2n) is 8.61. The predicted octanol–water partition coefficient (Wildman–Crippen LogP) is 3.01. The van der Waals surface area contributed by atoms with Gasteiger partial charge < -0.3 is 28.9 Å². The summed E-state index contributed by atoms with van der Waals surface area (Å²) in [7, 11) is 6.62. The van der Waals surface area contributed by atoms with Gasteiger partial charge in [-0.3, -0.25) is 4.79 Å². The van der Waals surface area contributed by atoms with Crippen LogP contribution in [0.5, 0.6) is 11.5 Å². The molecule has 1 aromatic rings. The number of ether oxygens (including phenoxy) is 3. The van der Waals surface area contributed by atoms with Crippen LogP contribution in [-0.2, 0) is 14.3 Å². The second kappa shape index (κ2) is 10.7. The Morgan fingerprint density at radius 1 is 1.06 bits per heavy atom. The van der Waals surface area contributed by atoms with Crippen molar-refractivity contribution < 1.29 is 23.8 Å². The molecular formula is C25H32N4O5S. The molecule has 0 aliphatic carbocycles. The Morgan fingerprint density at radius 2 is 1.71 bits per heavy atom. The van der Waals surface area contributed by atoms with E-state index in [1.54, 1.807) is 20.3 Å². The number of hydrogen-bond acceptors (Lipinski definition) is 9. The number of benzene rings is 1. The van der Waals surface area contributed by atoms with Crippen LogP contribution < -0.4 is 9.47 Å². The summed E-state index contributed by atoms with van der Waals surface area (Å²) in [4.78, 5) is 37.2. The number of esters is 1. The molecule has 1 atom stereocenters. The number of nitrogens with zero attached hydrogens (tertiary/aromatic N) is 4. The number of rotatable bonds is 7. The maximum atomic E-state index is 13.2. The van der Waals surface area contributed by atoms with Crippen LogP contribution in [0.25, 0.3) is 0 Å². The van der Waals surface area contributed by atoms with Gasteiger partial charge in [0.05, 0.1) is 45.1 Å². The van der Waals surface area contributed by atoms with E-state index in [9.17, 15) is 9.59 Å². The molecule has 3 heterocycles. The Kier molecular flexibility index (Phi) is 7.71. The number of methoxy groups -OCH3 is 3. The normalized spacial score (nSPS) is 20.3. The third kappa shape index (κ3) is 5.04. The summed E-state index contributed by atoms with van der Waals surface area (Å²) in [6, 6.07) is 5.02. The van der Waals surface area contributed by atoms with Gasteiger partial charge in [-0.15, -0.1) is 0 Å². The van der Waals surface area contributed by atoms with Gasteiger partial charge in [0.15, 0.2) is 5.17 Å². The molecule has 0 radical (unpaired) electrons. The summed E-state index contributed by atoms with van der Waals surface area (Å²) in [6.07, 6.45) is 0.790. The highest BCUT2D eigenvalue weighted by Crippen LogP contribution is 2.46. The molecule has 0 saturated carbocycles. The number of amidine groups is 1. The van der Waals surface area contributed by atoms with Crippen LogP contribution in [0.1, 0.15) is 31.4 Å².